The van der Waals surface area contributed by atoms with Crippen molar-refractivity contribution in [3.05, 3.63) is 172 Å². The van der Waals surface area contributed by atoms with Crippen LogP contribution in [0.15, 0.2) is 149 Å². The molecule has 0 amide bonds. The Labute approximate surface area is 359 Å². The van der Waals surface area contributed by atoms with E-state index in [0.717, 1.165) is 6.92 Å². The Morgan fingerprint density at radius 1 is 0.587 bits per heavy atom. The molecule has 1 saturated heterocycles. The van der Waals surface area contributed by atoms with Crippen LogP contribution in [-0.4, -0.2) is 73.3 Å². The lowest BCUT2D eigenvalue weighted by Crippen LogP contribution is -2.63. The Bertz CT molecular complexity index is 2630. The van der Waals surface area contributed by atoms with Crippen molar-refractivity contribution in [1.29, 1.82) is 0 Å². The van der Waals surface area contributed by atoms with Crippen molar-refractivity contribution < 1.29 is 66.3 Å². The van der Waals surface area contributed by atoms with Crippen LogP contribution < -0.4 is 19.8 Å². The van der Waals surface area contributed by atoms with Crippen molar-refractivity contribution in [2.24, 2.45) is 0 Å². The molecule has 7 rings (SSSR count). The Morgan fingerprint density at radius 3 is 1.56 bits per heavy atom. The molecule has 0 aliphatic carbocycles. The average Bonchev–Trinajstić information content (AvgIpc) is 3.29. The molecular formula is C48H40O15. The van der Waals surface area contributed by atoms with Crippen LogP contribution in [0.3, 0.4) is 0 Å². The van der Waals surface area contributed by atoms with E-state index >= 15 is 0 Å². The van der Waals surface area contributed by atoms with Crippen molar-refractivity contribution in [1.82, 2.24) is 0 Å². The summed E-state index contributed by atoms with van der Waals surface area (Å²) in [5, 5.41) is 0.233. The van der Waals surface area contributed by atoms with Gasteiger partial charge >= 0.3 is 35.5 Å². The summed E-state index contributed by atoms with van der Waals surface area (Å²) in [5.41, 5.74) is -0.548. The lowest BCUT2D eigenvalue weighted by atomic mass is 9.97. The highest BCUT2D eigenvalue weighted by Crippen LogP contribution is 2.37. The van der Waals surface area contributed by atoms with Crippen LogP contribution in [0.5, 0.6) is 17.2 Å². The van der Waals surface area contributed by atoms with Gasteiger partial charge in [-0.2, -0.15) is 0 Å². The van der Waals surface area contributed by atoms with Gasteiger partial charge in [-0.3, -0.25) is 4.79 Å². The van der Waals surface area contributed by atoms with Gasteiger partial charge in [-0.05, 0) is 74.5 Å². The second kappa shape index (κ2) is 19.7. The Morgan fingerprint density at radius 2 is 1.06 bits per heavy atom. The van der Waals surface area contributed by atoms with E-state index in [2.05, 4.69) is 0 Å². The van der Waals surface area contributed by atoms with Crippen molar-refractivity contribution >= 4 is 40.8 Å². The van der Waals surface area contributed by atoms with Gasteiger partial charge in [0.15, 0.2) is 18.0 Å². The van der Waals surface area contributed by atoms with Crippen LogP contribution in [0, 0.1) is 0 Å². The molecule has 0 bridgehead atoms. The minimum Gasteiger partial charge on any atom is -0.486 e. The quantitative estimate of drug-likeness (QED) is 0.0610. The Kier molecular flexibility index (Phi) is 13.6. The van der Waals surface area contributed by atoms with E-state index in [9.17, 15) is 28.8 Å². The number of carbonyl (C=O) groups is 5. The summed E-state index contributed by atoms with van der Waals surface area (Å²) in [6, 6.07) is 36.1. The van der Waals surface area contributed by atoms with Crippen LogP contribution in [0.1, 0.15) is 62.2 Å². The number of benzene rings is 5. The van der Waals surface area contributed by atoms with Gasteiger partial charge in [-0.1, -0.05) is 72.8 Å². The first-order chi connectivity index (χ1) is 30.4. The molecule has 2 heterocycles. The molecule has 0 unspecified atom stereocenters. The summed E-state index contributed by atoms with van der Waals surface area (Å²) in [7, 11) is 0. The van der Waals surface area contributed by atoms with Crippen molar-refractivity contribution in [2.45, 2.75) is 57.6 Å². The minimum atomic E-state index is -1.70. The number of fused-ring (bicyclic) bond motifs is 1. The van der Waals surface area contributed by atoms with E-state index in [1.54, 1.807) is 86.6 Å². The smallest absolute Gasteiger partial charge is 0.383 e. The third-order valence-corrected chi connectivity index (χ3v) is 9.38. The molecule has 5 aromatic carbocycles. The molecule has 1 aliphatic heterocycles. The van der Waals surface area contributed by atoms with E-state index in [1.165, 1.54) is 66.7 Å². The normalized spacial score (nSPS) is 18.1. The third-order valence-electron chi connectivity index (χ3n) is 9.38. The van der Waals surface area contributed by atoms with E-state index in [-0.39, 0.29) is 44.7 Å². The van der Waals surface area contributed by atoms with Crippen molar-refractivity contribution in [2.75, 3.05) is 6.61 Å². The average molecular weight is 857 g/mol. The summed E-state index contributed by atoms with van der Waals surface area (Å²) >= 11 is 0. The molecule has 6 aromatic rings. The predicted octanol–water partition coefficient (Wildman–Crippen LogP) is 7.14. The number of hydrogen-bond donors (Lipinski definition) is 0. The Balaban J connectivity index is 1.33. The second-order valence-electron chi connectivity index (χ2n) is 14.3. The predicted molar refractivity (Wildman–Crippen MR) is 223 cm³/mol. The number of rotatable bonds is 14. The SMILES string of the molecule is CC(=O)Oc1c(OC(C)C)c2ccc(O[C@@H]3O[C@H](COC(=O)c4ccccc4)[C@@H](OC(=O)c4ccccc4)[C@H](OC(=O)c4ccccc4)[C@H]3OC(=O)c3ccccc3)cc2oc1=O. The van der Waals surface area contributed by atoms with Crippen LogP contribution >= 0.6 is 0 Å². The standard InChI is InChI=1S/C48H40O15/c1-28(2)56-38-35-25-24-34(26-36(35)59-47(54)41(38)57-29(3)49)58-48-42(63-46(53)33-22-14-7-15-23-33)40(62-45(52)32-20-12-6-13-21-32)39(61-44(51)31-18-10-5-11-19-31)37(60-48)27-55-43(50)30-16-8-4-9-17-30/h4-26,28,37,39-40,42,48H,27H2,1-3H3/t37-,39-,40+,42-,48-/m1/s1. The van der Waals surface area contributed by atoms with E-state index in [4.69, 9.17) is 42.3 Å². The van der Waals surface area contributed by atoms with Crippen LogP contribution in [0.4, 0.5) is 0 Å². The summed E-state index contributed by atoms with van der Waals surface area (Å²) in [5.74, 6) is -4.72. The number of carbonyl (C=O) groups excluding carboxylic acids is 5. The van der Waals surface area contributed by atoms with Gasteiger partial charge in [-0.15, -0.1) is 0 Å². The maximum absolute atomic E-state index is 14.0. The van der Waals surface area contributed by atoms with Gasteiger partial charge in [0.05, 0.1) is 33.7 Å². The highest BCUT2D eigenvalue weighted by molar-refractivity contribution is 5.92. The monoisotopic (exact) mass is 856 g/mol. The number of hydrogen-bond acceptors (Lipinski definition) is 15. The summed E-state index contributed by atoms with van der Waals surface area (Å²) < 4.78 is 53.4. The molecule has 63 heavy (non-hydrogen) atoms. The molecular weight excluding hydrogens is 817 g/mol. The van der Waals surface area contributed by atoms with Crippen LogP contribution in [0.2, 0.25) is 0 Å². The number of esters is 5. The molecule has 0 N–H and O–H groups in total. The zero-order chi connectivity index (χ0) is 44.5. The molecule has 15 heteroatoms. The zero-order valence-electron chi connectivity index (χ0n) is 34.1. The lowest BCUT2D eigenvalue weighted by molar-refractivity contribution is -0.275. The van der Waals surface area contributed by atoms with Gasteiger partial charge < -0.3 is 42.3 Å². The fraction of sp³-hybridized carbons (Fsp3) is 0.208. The molecule has 1 fully saturated rings. The zero-order valence-corrected chi connectivity index (χ0v) is 34.1. The summed E-state index contributed by atoms with van der Waals surface area (Å²) in [6.07, 6.45) is -8.59. The van der Waals surface area contributed by atoms with Crippen molar-refractivity contribution in [3.63, 3.8) is 0 Å². The molecule has 1 aliphatic rings. The second-order valence-corrected chi connectivity index (χ2v) is 14.3. The van der Waals surface area contributed by atoms with E-state index in [1.807, 2.05) is 0 Å². The van der Waals surface area contributed by atoms with Gasteiger partial charge in [0, 0.05) is 13.0 Å². The number of ether oxygens (including phenoxy) is 8. The van der Waals surface area contributed by atoms with Gasteiger partial charge in [0.1, 0.15) is 24.0 Å². The largest absolute Gasteiger partial charge is 0.486 e. The maximum Gasteiger partial charge on any atom is 0.383 e. The van der Waals surface area contributed by atoms with Gasteiger partial charge in [0.2, 0.25) is 12.4 Å². The summed E-state index contributed by atoms with van der Waals surface area (Å²) in [4.78, 5) is 80.1. The highest BCUT2D eigenvalue weighted by Gasteiger charge is 2.54. The first kappa shape index (κ1) is 43.3. The molecule has 0 radical (unpaired) electrons. The molecule has 1 aromatic heterocycles. The maximum atomic E-state index is 14.0. The van der Waals surface area contributed by atoms with Gasteiger partial charge in [-0.25, -0.2) is 24.0 Å². The third kappa shape index (κ3) is 10.6. The summed E-state index contributed by atoms with van der Waals surface area (Å²) in [6.45, 7) is 3.97. The van der Waals surface area contributed by atoms with Gasteiger partial charge in [0.25, 0.3) is 5.75 Å². The minimum absolute atomic E-state index is 0.0277. The lowest BCUT2D eigenvalue weighted by Gasteiger charge is -2.44. The molecule has 15 nitrogen and oxygen atoms in total. The van der Waals surface area contributed by atoms with E-state index < -0.39 is 84.6 Å². The topological polar surface area (TPSA) is 189 Å². The van der Waals surface area contributed by atoms with Crippen molar-refractivity contribution in [3.8, 4) is 17.2 Å². The molecule has 0 spiro atoms. The van der Waals surface area contributed by atoms with E-state index in [0.29, 0.717) is 0 Å². The molecule has 5 atom stereocenters. The first-order valence-electron chi connectivity index (χ1n) is 19.7. The molecule has 0 saturated carbocycles. The Hall–Kier alpha value is -7.78. The van der Waals surface area contributed by atoms with Crippen LogP contribution in [-0.2, 0) is 28.5 Å². The fourth-order valence-electron chi connectivity index (χ4n) is 6.55. The fourth-order valence-corrected chi connectivity index (χ4v) is 6.55. The highest BCUT2D eigenvalue weighted by atomic mass is 16.7. The first-order valence-corrected chi connectivity index (χ1v) is 19.7. The molecule has 322 valence electrons. The van der Waals surface area contributed by atoms with Crippen LogP contribution in [0.25, 0.3) is 11.0 Å².